The molecule has 1 aromatic rings. The number of H-pyrrole nitrogens is 1. The number of phosphoric acid groups is 1. The van der Waals surface area contributed by atoms with Gasteiger partial charge in [-0.15, -0.1) is 0 Å². The van der Waals surface area contributed by atoms with Crippen molar-refractivity contribution in [3.8, 4) is 0 Å². The van der Waals surface area contributed by atoms with Crippen LogP contribution in [0.15, 0.2) is 15.8 Å². The van der Waals surface area contributed by atoms with Crippen molar-refractivity contribution < 1.29 is 28.7 Å². The van der Waals surface area contributed by atoms with E-state index in [-0.39, 0.29) is 6.42 Å². The summed E-state index contributed by atoms with van der Waals surface area (Å²) in [5, 5.41) is 9.79. The van der Waals surface area contributed by atoms with E-state index in [0.29, 0.717) is 5.56 Å². The van der Waals surface area contributed by atoms with E-state index in [1.807, 2.05) is 0 Å². The van der Waals surface area contributed by atoms with Crippen molar-refractivity contribution in [2.75, 3.05) is 6.61 Å². The van der Waals surface area contributed by atoms with Crippen molar-refractivity contribution in [1.82, 2.24) is 9.55 Å². The molecule has 1 aliphatic heterocycles. The van der Waals surface area contributed by atoms with E-state index in [2.05, 4.69) is 9.51 Å². The second kappa shape index (κ2) is 5.84. The third-order valence-electron chi connectivity index (χ3n) is 3.07. The summed E-state index contributed by atoms with van der Waals surface area (Å²) in [6.45, 7) is 0.994. The fourth-order valence-corrected chi connectivity index (χ4v) is 2.35. The molecular formula is C10H15N2O8P. The molecule has 11 heteroatoms. The van der Waals surface area contributed by atoms with Crippen LogP contribution in [0.1, 0.15) is 18.2 Å². The number of ether oxygens (including phenoxy) is 1. The molecule has 0 aliphatic carbocycles. The number of aromatic nitrogens is 2. The van der Waals surface area contributed by atoms with Crippen molar-refractivity contribution >= 4 is 7.82 Å². The zero-order chi connectivity index (χ0) is 15.8. The average molecular weight is 322 g/mol. The Labute approximate surface area is 118 Å². The lowest BCUT2D eigenvalue weighted by Crippen LogP contribution is -2.33. The smallest absolute Gasteiger partial charge is 0.390 e. The number of aryl methyl sites for hydroxylation is 1. The van der Waals surface area contributed by atoms with E-state index in [0.717, 1.165) is 4.57 Å². The van der Waals surface area contributed by atoms with E-state index in [1.165, 1.54) is 13.1 Å². The molecule has 118 valence electrons. The maximum Gasteiger partial charge on any atom is 0.469 e. The van der Waals surface area contributed by atoms with E-state index in [9.17, 15) is 19.3 Å². The third-order valence-corrected chi connectivity index (χ3v) is 3.55. The van der Waals surface area contributed by atoms with Gasteiger partial charge in [0.25, 0.3) is 5.56 Å². The van der Waals surface area contributed by atoms with Crippen molar-refractivity contribution in [3.63, 3.8) is 0 Å². The number of nitrogens with zero attached hydrogens (tertiary/aromatic N) is 1. The summed E-state index contributed by atoms with van der Waals surface area (Å²) < 4.78 is 21.4. The quantitative estimate of drug-likeness (QED) is 0.494. The minimum atomic E-state index is -4.67. The van der Waals surface area contributed by atoms with Gasteiger partial charge in [0, 0.05) is 18.2 Å². The lowest BCUT2D eigenvalue weighted by molar-refractivity contribution is -0.0451. The Morgan fingerprint density at radius 3 is 2.81 bits per heavy atom. The molecule has 0 spiro atoms. The van der Waals surface area contributed by atoms with Crippen LogP contribution in [-0.2, 0) is 13.8 Å². The molecule has 4 N–H and O–H groups in total. The Kier molecular flexibility index (Phi) is 4.47. The molecule has 1 saturated heterocycles. The van der Waals surface area contributed by atoms with Crippen LogP contribution in [-0.4, -0.2) is 43.3 Å². The zero-order valence-corrected chi connectivity index (χ0v) is 11.9. The Bertz CT molecular complexity index is 676. The van der Waals surface area contributed by atoms with Gasteiger partial charge in [-0.3, -0.25) is 18.9 Å². The first kappa shape index (κ1) is 16.1. The monoisotopic (exact) mass is 322 g/mol. The number of aliphatic hydroxyl groups is 1. The van der Waals surface area contributed by atoms with Gasteiger partial charge >= 0.3 is 13.5 Å². The summed E-state index contributed by atoms with van der Waals surface area (Å²) in [5.41, 5.74) is -0.918. The third kappa shape index (κ3) is 3.88. The highest BCUT2D eigenvalue weighted by atomic mass is 31.2. The summed E-state index contributed by atoms with van der Waals surface area (Å²) in [7, 11) is -4.67. The van der Waals surface area contributed by atoms with Crippen molar-refractivity contribution in [1.29, 1.82) is 0 Å². The second-order valence-electron chi connectivity index (χ2n) is 4.70. The second-order valence-corrected chi connectivity index (χ2v) is 5.94. The maximum absolute atomic E-state index is 11.7. The van der Waals surface area contributed by atoms with Crippen LogP contribution >= 0.6 is 7.82 Å². The maximum atomic E-state index is 11.7. The standard InChI is InChI=1S/C10H15N2O8P/c1-5-3-12(10(15)11-9(5)14)8-2-6(13)7(20-8)4-19-21(16,17)18/h3,6-8,13H,2,4H2,1H3,(H,11,14,15)(H2,16,17,18)/t6-,7+,8-/m0/s1. The van der Waals surface area contributed by atoms with Gasteiger partial charge in [0.05, 0.1) is 12.7 Å². The molecule has 1 fully saturated rings. The minimum Gasteiger partial charge on any atom is -0.390 e. The first-order valence-corrected chi connectivity index (χ1v) is 7.56. The lowest BCUT2D eigenvalue weighted by atomic mass is 10.2. The molecule has 0 radical (unpaired) electrons. The summed E-state index contributed by atoms with van der Waals surface area (Å²) in [5.74, 6) is 0. The molecule has 1 aliphatic rings. The SMILES string of the molecule is Cc1cn([C@@H]2C[C@H](O)[C@@H](COP(=O)(O)O)O2)c(=O)[nH]c1=O. The Balaban J connectivity index is 2.14. The summed E-state index contributed by atoms with van der Waals surface area (Å²) >= 11 is 0. The van der Waals surface area contributed by atoms with Crippen molar-refractivity contribution in [3.05, 3.63) is 32.6 Å². The topological polar surface area (TPSA) is 151 Å². The van der Waals surface area contributed by atoms with Gasteiger partial charge in [-0.1, -0.05) is 0 Å². The van der Waals surface area contributed by atoms with Gasteiger partial charge < -0.3 is 19.6 Å². The molecule has 3 atom stereocenters. The molecular weight excluding hydrogens is 307 g/mol. The van der Waals surface area contributed by atoms with Crippen LogP contribution in [0.4, 0.5) is 0 Å². The van der Waals surface area contributed by atoms with Crippen LogP contribution in [0.5, 0.6) is 0 Å². The Hall–Kier alpha value is -1.29. The summed E-state index contributed by atoms with van der Waals surface area (Å²) in [6, 6.07) is 0. The highest BCUT2D eigenvalue weighted by Crippen LogP contribution is 2.38. The molecule has 2 heterocycles. The zero-order valence-electron chi connectivity index (χ0n) is 11.0. The summed E-state index contributed by atoms with van der Waals surface area (Å²) in [4.78, 5) is 42.3. The Morgan fingerprint density at radius 1 is 1.52 bits per heavy atom. The number of rotatable bonds is 4. The lowest BCUT2D eigenvalue weighted by Gasteiger charge is -2.16. The van der Waals surface area contributed by atoms with Gasteiger partial charge in [0.2, 0.25) is 0 Å². The molecule has 21 heavy (non-hydrogen) atoms. The van der Waals surface area contributed by atoms with Crippen LogP contribution < -0.4 is 11.2 Å². The van der Waals surface area contributed by atoms with Crippen LogP contribution in [0.3, 0.4) is 0 Å². The number of aliphatic hydroxyl groups excluding tert-OH is 1. The van der Waals surface area contributed by atoms with Gasteiger partial charge in [-0.2, -0.15) is 0 Å². The molecule has 0 amide bonds. The average Bonchev–Trinajstić information content (AvgIpc) is 2.72. The van der Waals surface area contributed by atoms with Gasteiger partial charge in [0.15, 0.2) is 0 Å². The van der Waals surface area contributed by atoms with E-state index < -0.39 is 44.1 Å². The predicted molar refractivity (Wildman–Crippen MR) is 68.6 cm³/mol. The van der Waals surface area contributed by atoms with Crippen molar-refractivity contribution in [2.45, 2.75) is 31.8 Å². The van der Waals surface area contributed by atoms with Gasteiger partial charge in [-0.05, 0) is 6.92 Å². The number of phosphoric ester groups is 1. The first-order chi connectivity index (χ1) is 9.67. The molecule has 10 nitrogen and oxygen atoms in total. The predicted octanol–water partition coefficient (Wildman–Crippen LogP) is -1.40. The molecule has 2 rings (SSSR count). The van der Waals surface area contributed by atoms with Crippen molar-refractivity contribution in [2.24, 2.45) is 0 Å². The number of nitrogens with one attached hydrogen (secondary N) is 1. The van der Waals surface area contributed by atoms with Crippen LogP contribution in [0.25, 0.3) is 0 Å². The fourth-order valence-electron chi connectivity index (χ4n) is 2.01. The van der Waals surface area contributed by atoms with Crippen LogP contribution in [0.2, 0.25) is 0 Å². The largest absolute Gasteiger partial charge is 0.469 e. The normalized spacial score (nSPS) is 26.2. The number of hydrogen-bond donors (Lipinski definition) is 4. The molecule has 0 bridgehead atoms. The summed E-state index contributed by atoms with van der Waals surface area (Å²) in [6.07, 6.45) is -1.57. The molecule has 0 saturated carbocycles. The van der Waals surface area contributed by atoms with Gasteiger partial charge in [-0.25, -0.2) is 9.36 Å². The van der Waals surface area contributed by atoms with E-state index in [1.54, 1.807) is 0 Å². The molecule has 0 unspecified atom stereocenters. The number of aromatic amines is 1. The van der Waals surface area contributed by atoms with Gasteiger partial charge in [0.1, 0.15) is 12.3 Å². The Morgan fingerprint density at radius 2 is 2.19 bits per heavy atom. The highest BCUT2D eigenvalue weighted by Gasteiger charge is 2.37. The van der Waals surface area contributed by atoms with E-state index >= 15 is 0 Å². The first-order valence-electron chi connectivity index (χ1n) is 6.03. The minimum absolute atomic E-state index is 0.0283. The number of hydrogen-bond acceptors (Lipinski definition) is 6. The molecule has 1 aromatic heterocycles. The fraction of sp³-hybridized carbons (Fsp3) is 0.600. The van der Waals surface area contributed by atoms with Crippen LogP contribution in [0, 0.1) is 6.92 Å². The highest BCUT2D eigenvalue weighted by molar-refractivity contribution is 7.46. The van der Waals surface area contributed by atoms with E-state index in [4.69, 9.17) is 14.5 Å². The molecule has 0 aromatic carbocycles.